The summed E-state index contributed by atoms with van der Waals surface area (Å²) in [4.78, 5) is 16.9. The maximum Gasteiger partial charge on any atom is 0.220 e. The fourth-order valence-electron chi connectivity index (χ4n) is 3.61. The van der Waals surface area contributed by atoms with Gasteiger partial charge in [-0.15, -0.1) is 0 Å². The molecule has 5 nitrogen and oxygen atoms in total. The van der Waals surface area contributed by atoms with Crippen molar-refractivity contribution in [2.75, 3.05) is 0 Å². The number of carbonyl (C=O) groups excluding carboxylic acids is 1. The van der Waals surface area contributed by atoms with Crippen molar-refractivity contribution in [3.05, 3.63) is 88.7 Å². The summed E-state index contributed by atoms with van der Waals surface area (Å²) in [5.41, 5.74) is 5.54. The molecule has 2 aromatic carbocycles. The van der Waals surface area contributed by atoms with Crippen LogP contribution in [0.1, 0.15) is 28.9 Å². The summed E-state index contributed by atoms with van der Waals surface area (Å²) in [7, 11) is 0. The Labute approximate surface area is 178 Å². The molecule has 0 aliphatic carbocycles. The Morgan fingerprint density at radius 2 is 1.81 bits per heavy atom. The number of nitrogens with one attached hydrogen (secondary N) is 1. The van der Waals surface area contributed by atoms with Gasteiger partial charge >= 0.3 is 0 Å². The van der Waals surface area contributed by atoms with E-state index >= 15 is 0 Å². The molecule has 158 valence electrons. The van der Waals surface area contributed by atoms with Crippen LogP contribution in [0, 0.1) is 25.5 Å². The van der Waals surface area contributed by atoms with Gasteiger partial charge in [0.2, 0.25) is 5.91 Å². The number of benzene rings is 2. The normalized spacial score (nSPS) is 11.1. The van der Waals surface area contributed by atoms with E-state index in [1.54, 1.807) is 28.8 Å². The molecule has 7 heteroatoms. The van der Waals surface area contributed by atoms with Crippen molar-refractivity contribution in [2.45, 2.75) is 33.2 Å². The SMILES string of the molecule is Cc1nc2cc(-c3cccc(F)c3)nn2c(C)c1CCC(=O)NCc1ccc(F)cc1. The fourth-order valence-corrected chi connectivity index (χ4v) is 3.61. The lowest BCUT2D eigenvalue weighted by Gasteiger charge is -2.11. The largest absolute Gasteiger partial charge is 0.352 e. The van der Waals surface area contributed by atoms with E-state index in [9.17, 15) is 13.6 Å². The molecular weight excluding hydrogens is 398 g/mol. The number of hydrogen-bond acceptors (Lipinski definition) is 3. The molecule has 0 aliphatic rings. The van der Waals surface area contributed by atoms with E-state index in [1.165, 1.54) is 24.3 Å². The van der Waals surface area contributed by atoms with E-state index in [1.807, 2.05) is 19.9 Å². The first-order valence-electron chi connectivity index (χ1n) is 10.0. The van der Waals surface area contributed by atoms with Crippen molar-refractivity contribution < 1.29 is 13.6 Å². The molecule has 1 amide bonds. The van der Waals surface area contributed by atoms with Crippen LogP contribution in [0.3, 0.4) is 0 Å². The summed E-state index contributed by atoms with van der Waals surface area (Å²) in [6, 6.07) is 14.2. The number of amides is 1. The first-order valence-corrected chi connectivity index (χ1v) is 10.0. The van der Waals surface area contributed by atoms with Crippen LogP contribution in [0.2, 0.25) is 0 Å². The van der Waals surface area contributed by atoms with Crippen LogP contribution in [0.15, 0.2) is 54.6 Å². The summed E-state index contributed by atoms with van der Waals surface area (Å²) in [5.74, 6) is -0.713. The molecule has 2 heterocycles. The predicted molar refractivity (Wildman–Crippen MR) is 114 cm³/mol. The summed E-state index contributed by atoms with van der Waals surface area (Å²) in [6.07, 6.45) is 0.819. The summed E-state index contributed by atoms with van der Waals surface area (Å²) < 4.78 is 28.3. The van der Waals surface area contributed by atoms with E-state index < -0.39 is 0 Å². The first kappa shape index (κ1) is 20.7. The van der Waals surface area contributed by atoms with Gasteiger partial charge in [-0.25, -0.2) is 18.3 Å². The van der Waals surface area contributed by atoms with Crippen molar-refractivity contribution >= 4 is 11.6 Å². The third-order valence-electron chi connectivity index (χ3n) is 5.29. The number of rotatable bonds is 6. The number of hydrogen-bond donors (Lipinski definition) is 1. The number of aryl methyl sites for hydroxylation is 2. The molecule has 2 aromatic heterocycles. The van der Waals surface area contributed by atoms with Crippen LogP contribution in [0.25, 0.3) is 16.9 Å². The topological polar surface area (TPSA) is 59.3 Å². The molecule has 0 saturated carbocycles. The average Bonchev–Trinajstić information content (AvgIpc) is 3.17. The van der Waals surface area contributed by atoms with Crippen LogP contribution in [0.5, 0.6) is 0 Å². The van der Waals surface area contributed by atoms with E-state index in [0.717, 1.165) is 22.5 Å². The van der Waals surface area contributed by atoms with Gasteiger partial charge < -0.3 is 5.32 Å². The molecule has 0 bridgehead atoms. The molecule has 0 spiro atoms. The quantitative estimate of drug-likeness (QED) is 0.498. The number of nitrogens with zero attached hydrogens (tertiary/aromatic N) is 3. The maximum atomic E-state index is 13.6. The zero-order valence-corrected chi connectivity index (χ0v) is 17.3. The Kier molecular flexibility index (Phi) is 5.75. The highest BCUT2D eigenvalue weighted by atomic mass is 19.1. The molecule has 0 atom stereocenters. The van der Waals surface area contributed by atoms with Gasteiger partial charge in [0, 0.05) is 36.0 Å². The van der Waals surface area contributed by atoms with Crippen LogP contribution < -0.4 is 5.32 Å². The van der Waals surface area contributed by atoms with Crippen molar-refractivity contribution in [3.63, 3.8) is 0 Å². The third kappa shape index (κ3) is 4.60. The molecule has 4 aromatic rings. The molecule has 0 saturated heterocycles. The second-order valence-corrected chi connectivity index (χ2v) is 7.47. The Bertz CT molecular complexity index is 1250. The summed E-state index contributed by atoms with van der Waals surface area (Å²) >= 11 is 0. The van der Waals surface area contributed by atoms with Gasteiger partial charge in [-0.05, 0) is 55.7 Å². The molecule has 0 fully saturated rings. The zero-order valence-electron chi connectivity index (χ0n) is 17.3. The monoisotopic (exact) mass is 420 g/mol. The number of aromatic nitrogens is 3. The standard InChI is InChI=1S/C24H22F2N4O/c1-15-21(10-11-24(31)27-14-17-6-8-19(25)9-7-17)16(2)30-23(28-15)13-22(29-30)18-4-3-5-20(26)12-18/h3-9,12-13H,10-11,14H2,1-2H3,(H,27,31). The highest BCUT2D eigenvalue weighted by Gasteiger charge is 2.14. The second kappa shape index (κ2) is 8.63. The lowest BCUT2D eigenvalue weighted by atomic mass is 10.1. The van der Waals surface area contributed by atoms with Crippen LogP contribution in [0.4, 0.5) is 8.78 Å². The number of fused-ring (bicyclic) bond motifs is 1. The lowest BCUT2D eigenvalue weighted by molar-refractivity contribution is -0.121. The molecule has 1 N–H and O–H groups in total. The van der Waals surface area contributed by atoms with Crippen molar-refractivity contribution in [2.24, 2.45) is 0 Å². The van der Waals surface area contributed by atoms with Crippen LogP contribution in [-0.4, -0.2) is 20.5 Å². The molecule has 4 rings (SSSR count). The fraction of sp³-hybridized carbons (Fsp3) is 0.208. The van der Waals surface area contributed by atoms with Gasteiger partial charge in [-0.3, -0.25) is 4.79 Å². The highest BCUT2D eigenvalue weighted by Crippen LogP contribution is 2.23. The molecule has 0 unspecified atom stereocenters. The van der Waals surface area contributed by atoms with Crippen molar-refractivity contribution in [1.29, 1.82) is 0 Å². The van der Waals surface area contributed by atoms with Gasteiger partial charge in [-0.1, -0.05) is 24.3 Å². The lowest BCUT2D eigenvalue weighted by Crippen LogP contribution is -2.23. The van der Waals surface area contributed by atoms with Crippen LogP contribution in [-0.2, 0) is 17.8 Å². The minimum atomic E-state index is -0.317. The number of carbonyl (C=O) groups is 1. The van der Waals surface area contributed by atoms with Crippen LogP contribution >= 0.6 is 0 Å². The smallest absolute Gasteiger partial charge is 0.220 e. The maximum absolute atomic E-state index is 13.6. The minimum absolute atomic E-state index is 0.0934. The highest BCUT2D eigenvalue weighted by molar-refractivity contribution is 5.76. The Hall–Kier alpha value is -3.61. The number of halogens is 2. The molecule has 31 heavy (non-hydrogen) atoms. The zero-order chi connectivity index (χ0) is 22.0. The van der Waals surface area contributed by atoms with E-state index in [-0.39, 0.29) is 17.5 Å². The molecule has 0 aliphatic heterocycles. The van der Waals surface area contributed by atoms with Gasteiger partial charge in [0.25, 0.3) is 0 Å². The van der Waals surface area contributed by atoms with Gasteiger partial charge in [0.15, 0.2) is 5.65 Å². The summed E-state index contributed by atoms with van der Waals surface area (Å²) in [6.45, 7) is 4.20. The molecule has 0 radical (unpaired) electrons. The van der Waals surface area contributed by atoms with E-state index in [0.29, 0.717) is 36.3 Å². The van der Waals surface area contributed by atoms with Gasteiger partial charge in [-0.2, -0.15) is 5.10 Å². The first-order chi connectivity index (χ1) is 14.9. The Morgan fingerprint density at radius 1 is 1.03 bits per heavy atom. The molecular formula is C24H22F2N4O. The third-order valence-corrected chi connectivity index (χ3v) is 5.29. The summed E-state index contributed by atoms with van der Waals surface area (Å²) in [5, 5.41) is 7.45. The van der Waals surface area contributed by atoms with Gasteiger partial charge in [0.05, 0.1) is 5.69 Å². The van der Waals surface area contributed by atoms with E-state index in [2.05, 4.69) is 15.4 Å². The van der Waals surface area contributed by atoms with Crippen molar-refractivity contribution in [3.8, 4) is 11.3 Å². The Morgan fingerprint density at radius 3 is 2.55 bits per heavy atom. The second-order valence-electron chi connectivity index (χ2n) is 7.47. The van der Waals surface area contributed by atoms with Gasteiger partial charge in [0.1, 0.15) is 11.6 Å². The Balaban J connectivity index is 1.48. The van der Waals surface area contributed by atoms with Crippen molar-refractivity contribution in [1.82, 2.24) is 19.9 Å². The minimum Gasteiger partial charge on any atom is -0.352 e. The predicted octanol–water partition coefficient (Wildman–Crippen LogP) is 4.54. The average molecular weight is 420 g/mol. The van der Waals surface area contributed by atoms with E-state index in [4.69, 9.17) is 0 Å².